The fourth-order valence-corrected chi connectivity index (χ4v) is 13.3. The van der Waals surface area contributed by atoms with Crippen LogP contribution in [0.2, 0.25) is 0 Å². The highest BCUT2D eigenvalue weighted by Gasteiger charge is 2.51. The van der Waals surface area contributed by atoms with E-state index in [4.69, 9.17) is 57.8 Å². The van der Waals surface area contributed by atoms with Crippen LogP contribution in [-0.4, -0.2) is 247 Å². The van der Waals surface area contributed by atoms with Gasteiger partial charge < -0.3 is 120 Å². The van der Waals surface area contributed by atoms with Crippen LogP contribution in [0.3, 0.4) is 0 Å². The largest absolute Gasteiger partial charge is 0.493 e. The number of hydrogen-bond donors (Lipinski definition) is 11. The molecule has 4 aromatic rings. The number of ether oxygens (including phenoxy) is 11. The van der Waals surface area contributed by atoms with Gasteiger partial charge in [0, 0.05) is 50.0 Å². The van der Waals surface area contributed by atoms with Gasteiger partial charge in [0.05, 0.1) is 94.0 Å². The van der Waals surface area contributed by atoms with Gasteiger partial charge in [0.2, 0.25) is 24.0 Å². The molecule has 9 rings (SSSR count). The van der Waals surface area contributed by atoms with E-state index in [0.29, 0.717) is 54.9 Å². The molecule has 12 N–H and O–H groups in total. The van der Waals surface area contributed by atoms with E-state index >= 15 is 0 Å². The van der Waals surface area contributed by atoms with Crippen molar-refractivity contribution >= 4 is 70.7 Å². The number of unbranched alkanes of at least 4 members (excludes halogenated alkanes) is 2. The summed E-state index contributed by atoms with van der Waals surface area (Å²) in [6.07, 6.45) is -13.6. The molecule has 113 heavy (non-hydrogen) atoms. The van der Waals surface area contributed by atoms with Crippen LogP contribution in [0.1, 0.15) is 136 Å². The van der Waals surface area contributed by atoms with Crippen LogP contribution in [0.5, 0.6) is 28.7 Å². The molecule has 0 bridgehead atoms. The molecule has 8 amide bonds. The van der Waals surface area contributed by atoms with Gasteiger partial charge in [-0.15, -0.1) is 0 Å². The standard InChI is InChI=1S/C78H103N9O26/c1-41(2)61(82-60(88)22-26-106-29-28-103-10)68(94)80-44(5)66(92)81-47-19-16-45(17-20-47)39-109-75(101)86-51-35-58(56(104-11)33-48(51)69(95)84-37-42(3)30-53(84)71(86)97)107-24-14-13-15-25-108-59-36-52-49(34-57(59)105-12)70(96)85-38-43(4)31-54(85)72(98)87(52)76(102)110-40-46-18-21-55(112-74-64(91)62(89)63(90)65(113-74)73(99)100)50(32-46)67(93)83-77(6,7)23-27-111-78(8,9)79/h16-21,32-36,41,44,53-54,61-65,71-72,74,89-91,97-98H,3-4,13-15,22-31,37-40,79H2,1-2,5-12H3,(H,80,94)(H,81,92)(H,82,88)(H,83,93)(H,99,100)/t44-,53-,54-,61?,62-,63-,64+,65-,71?,72?,74+/m0/s1. The molecule has 0 radical (unpaired) electrons. The van der Waals surface area contributed by atoms with Crippen molar-refractivity contribution in [3.05, 3.63) is 119 Å². The molecule has 3 unspecified atom stereocenters. The minimum Gasteiger partial charge on any atom is -0.493 e. The topological polar surface area (TPSA) is 464 Å². The van der Waals surface area contributed by atoms with E-state index < -0.39 is 139 Å². The summed E-state index contributed by atoms with van der Waals surface area (Å²) in [5, 5.41) is 76.8. The number of rotatable bonds is 35. The zero-order valence-corrected chi connectivity index (χ0v) is 64.9. The smallest absolute Gasteiger partial charge is 0.416 e. The number of amides is 8. The van der Waals surface area contributed by atoms with Crippen LogP contribution in [-0.2, 0) is 60.8 Å². The number of aliphatic hydroxyl groups is 5. The first kappa shape index (κ1) is 86.8. The van der Waals surface area contributed by atoms with Crippen molar-refractivity contribution in [2.45, 2.75) is 185 Å². The van der Waals surface area contributed by atoms with Crippen LogP contribution >= 0.6 is 0 Å². The van der Waals surface area contributed by atoms with Gasteiger partial charge in [-0.2, -0.15) is 0 Å². The van der Waals surface area contributed by atoms with Crippen LogP contribution in [0, 0.1) is 5.92 Å². The molecule has 0 aromatic heterocycles. The van der Waals surface area contributed by atoms with Crippen LogP contribution in [0.4, 0.5) is 26.7 Å². The number of fused-ring (bicyclic) bond motifs is 4. The maximum Gasteiger partial charge on any atom is 0.416 e. The number of nitrogens with zero attached hydrogens (tertiary/aromatic N) is 4. The summed E-state index contributed by atoms with van der Waals surface area (Å²) < 4.78 is 63.0. The Kier molecular flexibility index (Phi) is 29.2. The lowest BCUT2D eigenvalue weighted by atomic mass is 9.98. The molecular formula is C78H103N9O26. The van der Waals surface area contributed by atoms with Gasteiger partial charge in [-0.05, 0) is 127 Å². The molecule has 35 nitrogen and oxygen atoms in total. The Hall–Kier alpha value is -10.2. The lowest BCUT2D eigenvalue weighted by Gasteiger charge is -2.38. The minimum atomic E-state index is -2.04. The Balaban J connectivity index is 0.849. The zero-order chi connectivity index (χ0) is 82.5. The number of carbonyl (C=O) groups excluding carboxylic acids is 8. The summed E-state index contributed by atoms with van der Waals surface area (Å²) in [7, 11) is 4.27. The number of hydrogen-bond acceptors (Lipinski definition) is 26. The molecular weight excluding hydrogens is 1480 g/mol. The van der Waals surface area contributed by atoms with E-state index in [9.17, 15) is 73.8 Å². The molecule has 616 valence electrons. The number of nitrogens with two attached hydrogens (primary N) is 1. The number of carboxylic acids is 1. The van der Waals surface area contributed by atoms with Crippen LogP contribution < -0.4 is 60.5 Å². The quantitative estimate of drug-likeness (QED) is 0.0173. The first-order valence-corrected chi connectivity index (χ1v) is 37.0. The molecule has 5 aliphatic heterocycles. The van der Waals surface area contributed by atoms with Gasteiger partial charge in [-0.1, -0.05) is 56.4 Å². The number of carboxylic acid groups (broad SMARTS) is 1. The second-order valence-corrected chi connectivity index (χ2v) is 29.7. The van der Waals surface area contributed by atoms with E-state index in [1.54, 1.807) is 65.8 Å². The highest BCUT2D eigenvalue weighted by atomic mass is 16.7. The van der Waals surface area contributed by atoms with Gasteiger partial charge in [0.15, 0.2) is 41.6 Å². The fourth-order valence-electron chi connectivity index (χ4n) is 13.3. The van der Waals surface area contributed by atoms with E-state index in [1.165, 1.54) is 80.5 Å². The van der Waals surface area contributed by atoms with Crippen molar-refractivity contribution in [3.63, 3.8) is 0 Å². The average Bonchev–Trinajstić information content (AvgIpc) is 1.63. The number of aliphatic carboxylic acids is 1. The average molecular weight is 1580 g/mol. The Morgan fingerprint density at radius 2 is 1.17 bits per heavy atom. The summed E-state index contributed by atoms with van der Waals surface area (Å²) in [4.78, 5) is 128. The van der Waals surface area contributed by atoms with Gasteiger partial charge >= 0.3 is 18.2 Å². The van der Waals surface area contributed by atoms with Crippen molar-refractivity contribution in [1.29, 1.82) is 0 Å². The summed E-state index contributed by atoms with van der Waals surface area (Å²) >= 11 is 0. The number of methoxy groups -OCH3 is 3. The van der Waals surface area contributed by atoms with Crippen LogP contribution in [0.15, 0.2) is 91.0 Å². The molecule has 0 spiro atoms. The third-order valence-electron chi connectivity index (χ3n) is 19.4. The zero-order valence-electron chi connectivity index (χ0n) is 64.9. The molecule has 4 aromatic carbocycles. The summed E-state index contributed by atoms with van der Waals surface area (Å²) in [6, 6.07) is 12.0. The maximum absolute atomic E-state index is 14.7. The number of carbonyl (C=O) groups is 9. The summed E-state index contributed by atoms with van der Waals surface area (Å²) in [5.74, 6) is -5.14. The van der Waals surface area contributed by atoms with E-state index in [1.807, 2.05) is 0 Å². The van der Waals surface area contributed by atoms with Gasteiger partial charge in [-0.25, -0.2) is 24.2 Å². The van der Waals surface area contributed by atoms with Gasteiger partial charge in [0.1, 0.15) is 55.1 Å². The van der Waals surface area contributed by atoms with E-state index in [-0.39, 0.29) is 140 Å². The van der Waals surface area contributed by atoms with Crippen molar-refractivity contribution < 1.29 is 126 Å². The Morgan fingerprint density at radius 3 is 1.68 bits per heavy atom. The maximum atomic E-state index is 14.7. The fraction of sp³-hybridized carbons (Fsp3) is 0.526. The van der Waals surface area contributed by atoms with Crippen molar-refractivity contribution in [1.82, 2.24) is 25.8 Å². The molecule has 5 aliphatic rings. The first-order valence-electron chi connectivity index (χ1n) is 37.0. The number of nitrogens with one attached hydrogen (secondary N) is 4. The molecule has 5 heterocycles. The number of anilines is 3. The summed E-state index contributed by atoms with van der Waals surface area (Å²) in [6.45, 7) is 20.2. The molecule has 3 saturated heterocycles. The third kappa shape index (κ3) is 21.6. The normalized spacial score (nSPS) is 21.3. The predicted octanol–water partition coefficient (Wildman–Crippen LogP) is 4.34. The number of benzene rings is 4. The molecule has 0 aliphatic carbocycles. The molecule has 11 atom stereocenters. The van der Waals surface area contributed by atoms with Gasteiger partial charge in [-0.3, -0.25) is 28.8 Å². The third-order valence-corrected chi connectivity index (χ3v) is 19.4. The first-order chi connectivity index (χ1) is 53.5. The Labute approximate surface area is 653 Å². The lowest BCUT2D eigenvalue weighted by Crippen LogP contribution is -2.61. The number of aliphatic hydroxyl groups excluding tert-OH is 5. The lowest BCUT2D eigenvalue weighted by molar-refractivity contribution is -0.271. The van der Waals surface area contributed by atoms with Crippen LogP contribution in [0.25, 0.3) is 0 Å². The van der Waals surface area contributed by atoms with Crippen molar-refractivity contribution in [2.24, 2.45) is 11.7 Å². The van der Waals surface area contributed by atoms with Crippen molar-refractivity contribution in [2.75, 3.05) is 89.2 Å². The van der Waals surface area contributed by atoms with E-state index in [0.717, 1.165) is 9.80 Å². The highest BCUT2D eigenvalue weighted by Crippen LogP contribution is 2.45. The second-order valence-electron chi connectivity index (χ2n) is 29.7. The van der Waals surface area contributed by atoms with Gasteiger partial charge in [0.25, 0.3) is 17.7 Å². The second kappa shape index (κ2) is 38.1. The minimum absolute atomic E-state index is 0.0102. The Morgan fingerprint density at radius 1 is 0.628 bits per heavy atom. The van der Waals surface area contributed by atoms with Crippen molar-refractivity contribution in [3.8, 4) is 28.7 Å². The summed E-state index contributed by atoms with van der Waals surface area (Å²) in [5.41, 5.74) is 5.90. The van der Waals surface area contributed by atoms with E-state index in [2.05, 4.69) is 34.4 Å². The molecule has 35 heteroatoms. The molecule has 0 saturated carbocycles. The monoisotopic (exact) mass is 1580 g/mol. The molecule has 3 fully saturated rings. The Bertz CT molecular complexity index is 4150. The highest BCUT2D eigenvalue weighted by molar-refractivity contribution is 6.08. The SMILES string of the molecule is C=C1C[C@H]2C(O)N(C(=O)OCc3ccc(NC(=O)[C@H](C)NC(=O)C(NC(=O)CCOCCOC)C(C)C)cc3)c3cc(OCCCCCOc4cc5c(cc4OC)C(=O)N4CC(=C)C[C@H]4C(O)N5C(=O)OCc4ccc(O[C@@H]5O[C@H](C(=O)O)[C@@H](O)[C@H](O)[C@H]5O)c(C(=O)NC(C)(C)CCOC(C)(C)N)c4)c(OC)cc3C(=O)N2C1. The predicted molar refractivity (Wildman–Crippen MR) is 404 cm³/mol.